The molecule has 1 atom stereocenters. The van der Waals surface area contributed by atoms with Gasteiger partial charge in [0.05, 0.1) is 0 Å². The van der Waals surface area contributed by atoms with E-state index in [1.807, 2.05) is 24.3 Å². The lowest BCUT2D eigenvalue weighted by Crippen LogP contribution is -2.37. The molecule has 0 aliphatic carbocycles. The van der Waals surface area contributed by atoms with Crippen LogP contribution in [0.15, 0.2) is 48.5 Å². The monoisotopic (exact) mass is 340 g/mol. The number of nitrogens with zero attached hydrogens (tertiary/aromatic N) is 1. The van der Waals surface area contributed by atoms with Crippen LogP contribution >= 0.6 is 0 Å². The number of rotatable bonds is 5. The van der Waals surface area contributed by atoms with Crippen molar-refractivity contribution in [1.29, 1.82) is 0 Å². The second kappa shape index (κ2) is 7.60. The van der Waals surface area contributed by atoms with Gasteiger partial charge in [-0.2, -0.15) is 0 Å². The molecule has 0 aliphatic heterocycles. The Morgan fingerprint density at radius 1 is 1.16 bits per heavy atom. The van der Waals surface area contributed by atoms with Gasteiger partial charge in [-0.1, -0.05) is 62.7 Å². The van der Waals surface area contributed by atoms with Crippen LogP contribution < -0.4 is 5.73 Å². The number of aryl methyl sites for hydroxylation is 1. The fraction of sp³-hybridized carbons (Fsp3) is 0.381. The van der Waals surface area contributed by atoms with Crippen LogP contribution in [-0.4, -0.2) is 22.6 Å². The van der Waals surface area contributed by atoms with Crippen molar-refractivity contribution in [1.82, 2.24) is 4.90 Å². The molecule has 0 aromatic heterocycles. The van der Waals surface area contributed by atoms with Gasteiger partial charge in [-0.15, -0.1) is 0 Å². The fourth-order valence-corrected chi connectivity index (χ4v) is 3.11. The highest BCUT2D eigenvalue weighted by molar-refractivity contribution is 5.65. The third-order valence-corrected chi connectivity index (χ3v) is 4.49. The quantitative estimate of drug-likeness (QED) is 0.762. The first-order chi connectivity index (χ1) is 11.7. The molecule has 0 heterocycles. The molecule has 0 spiro atoms. The minimum Gasteiger partial charge on any atom is -0.465 e. The third kappa shape index (κ3) is 5.24. The molecule has 3 N–H and O–H groups in total. The summed E-state index contributed by atoms with van der Waals surface area (Å²) in [5.74, 6) is 0.101. The Labute approximate surface area is 150 Å². The summed E-state index contributed by atoms with van der Waals surface area (Å²) in [6, 6.07) is 15.7. The van der Waals surface area contributed by atoms with Gasteiger partial charge >= 0.3 is 6.09 Å². The van der Waals surface area contributed by atoms with Crippen LogP contribution in [0.5, 0.6) is 0 Å². The number of hydrogen-bond acceptors (Lipinski definition) is 2. The summed E-state index contributed by atoms with van der Waals surface area (Å²) in [5.41, 5.74) is 9.67. The first kappa shape index (κ1) is 18.8. The lowest BCUT2D eigenvalue weighted by atomic mass is 9.76. The Kier molecular flexibility index (Phi) is 5.73. The molecule has 1 unspecified atom stereocenters. The van der Waals surface area contributed by atoms with E-state index in [2.05, 4.69) is 45.9 Å². The van der Waals surface area contributed by atoms with Gasteiger partial charge in [-0.3, -0.25) is 0 Å². The van der Waals surface area contributed by atoms with E-state index in [-0.39, 0.29) is 11.3 Å². The van der Waals surface area contributed by atoms with Gasteiger partial charge < -0.3 is 15.7 Å². The van der Waals surface area contributed by atoms with Crippen molar-refractivity contribution in [2.75, 3.05) is 12.3 Å². The standard InChI is InChI=1S/C21H28N2O2/c1-15-7-5-9-17(11-15)19(21(2,3)4)14-23(20(24)25)13-16-8-6-10-18(22)12-16/h5-12,19H,13-14,22H2,1-4H3,(H,24,25). The summed E-state index contributed by atoms with van der Waals surface area (Å²) in [7, 11) is 0. The maximum Gasteiger partial charge on any atom is 0.407 e. The van der Waals surface area contributed by atoms with Gasteiger partial charge in [-0.25, -0.2) is 4.79 Å². The Hall–Kier alpha value is -2.49. The Morgan fingerprint density at radius 2 is 1.84 bits per heavy atom. The number of anilines is 1. The predicted octanol–water partition coefficient (Wildman–Crippen LogP) is 4.89. The normalized spacial score (nSPS) is 12.6. The number of nitrogen functional groups attached to an aromatic ring is 1. The highest BCUT2D eigenvalue weighted by Crippen LogP contribution is 2.36. The van der Waals surface area contributed by atoms with Crippen molar-refractivity contribution >= 4 is 11.8 Å². The maximum atomic E-state index is 11.8. The van der Waals surface area contributed by atoms with Crippen molar-refractivity contribution in [3.05, 3.63) is 65.2 Å². The van der Waals surface area contributed by atoms with Gasteiger partial charge in [0, 0.05) is 24.7 Å². The van der Waals surface area contributed by atoms with Gasteiger partial charge in [0.1, 0.15) is 0 Å². The van der Waals surface area contributed by atoms with Crippen LogP contribution in [0.3, 0.4) is 0 Å². The number of carbonyl (C=O) groups is 1. The Morgan fingerprint density at radius 3 is 2.40 bits per heavy atom. The lowest BCUT2D eigenvalue weighted by molar-refractivity contribution is 0.128. The van der Waals surface area contributed by atoms with Gasteiger partial charge in [0.2, 0.25) is 0 Å². The zero-order chi connectivity index (χ0) is 18.6. The molecule has 25 heavy (non-hydrogen) atoms. The number of carboxylic acid groups (broad SMARTS) is 1. The minimum atomic E-state index is -0.913. The average molecular weight is 340 g/mol. The van der Waals surface area contributed by atoms with E-state index >= 15 is 0 Å². The molecule has 4 nitrogen and oxygen atoms in total. The van der Waals surface area contributed by atoms with Gasteiger partial charge in [0.15, 0.2) is 0 Å². The fourth-order valence-electron chi connectivity index (χ4n) is 3.11. The largest absolute Gasteiger partial charge is 0.465 e. The van der Waals surface area contributed by atoms with Crippen molar-refractivity contribution in [3.63, 3.8) is 0 Å². The van der Waals surface area contributed by atoms with Crippen LogP contribution in [0.25, 0.3) is 0 Å². The van der Waals surface area contributed by atoms with E-state index in [0.717, 1.165) is 5.56 Å². The summed E-state index contributed by atoms with van der Waals surface area (Å²) >= 11 is 0. The molecular weight excluding hydrogens is 312 g/mol. The van der Waals surface area contributed by atoms with Gasteiger partial charge in [-0.05, 0) is 35.6 Å². The van der Waals surface area contributed by atoms with Crippen LogP contribution in [0, 0.1) is 12.3 Å². The molecule has 0 bridgehead atoms. The maximum absolute atomic E-state index is 11.8. The Bertz CT molecular complexity index is 735. The van der Waals surface area contributed by atoms with Crippen molar-refractivity contribution in [2.45, 2.75) is 40.2 Å². The molecule has 134 valence electrons. The summed E-state index contributed by atoms with van der Waals surface area (Å²) in [5, 5.41) is 9.71. The second-order valence-electron chi connectivity index (χ2n) is 7.74. The first-order valence-corrected chi connectivity index (χ1v) is 8.55. The number of nitrogens with two attached hydrogens (primary N) is 1. The number of amides is 1. The lowest BCUT2D eigenvalue weighted by Gasteiger charge is -2.35. The van der Waals surface area contributed by atoms with E-state index < -0.39 is 6.09 Å². The second-order valence-corrected chi connectivity index (χ2v) is 7.74. The molecule has 0 saturated heterocycles. The molecular formula is C21H28N2O2. The summed E-state index contributed by atoms with van der Waals surface area (Å²) in [6.45, 7) is 9.29. The molecule has 2 aromatic rings. The highest BCUT2D eigenvalue weighted by atomic mass is 16.4. The van der Waals surface area contributed by atoms with Crippen molar-refractivity contribution in [2.24, 2.45) is 5.41 Å². The highest BCUT2D eigenvalue weighted by Gasteiger charge is 2.30. The molecule has 0 aliphatic rings. The van der Waals surface area contributed by atoms with Crippen LogP contribution in [0.4, 0.5) is 10.5 Å². The van der Waals surface area contributed by atoms with E-state index in [0.29, 0.717) is 18.8 Å². The summed E-state index contributed by atoms with van der Waals surface area (Å²) < 4.78 is 0. The minimum absolute atomic E-state index is 0.0583. The van der Waals surface area contributed by atoms with E-state index in [1.54, 1.807) is 6.07 Å². The van der Waals surface area contributed by atoms with Gasteiger partial charge in [0.25, 0.3) is 0 Å². The summed E-state index contributed by atoms with van der Waals surface area (Å²) in [4.78, 5) is 13.3. The smallest absolute Gasteiger partial charge is 0.407 e. The van der Waals surface area contributed by atoms with Crippen molar-refractivity contribution < 1.29 is 9.90 Å². The predicted molar refractivity (Wildman–Crippen MR) is 103 cm³/mol. The van der Waals surface area contributed by atoms with Crippen LogP contribution in [-0.2, 0) is 6.54 Å². The van der Waals surface area contributed by atoms with E-state index in [1.165, 1.54) is 16.0 Å². The van der Waals surface area contributed by atoms with Crippen LogP contribution in [0.2, 0.25) is 0 Å². The first-order valence-electron chi connectivity index (χ1n) is 8.55. The molecule has 0 saturated carbocycles. The average Bonchev–Trinajstić information content (AvgIpc) is 2.49. The van der Waals surface area contributed by atoms with Crippen molar-refractivity contribution in [3.8, 4) is 0 Å². The summed E-state index contributed by atoms with van der Waals surface area (Å²) in [6.07, 6.45) is -0.913. The van der Waals surface area contributed by atoms with E-state index in [4.69, 9.17) is 5.73 Å². The molecule has 2 aromatic carbocycles. The molecule has 4 heteroatoms. The molecule has 0 radical (unpaired) electrons. The third-order valence-electron chi connectivity index (χ3n) is 4.49. The zero-order valence-electron chi connectivity index (χ0n) is 15.5. The number of benzene rings is 2. The topological polar surface area (TPSA) is 66.6 Å². The zero-order valence-corrected chi connectivity index (χ0v) is 15.5. The Balaban J connectivity index is 2.28. The number of hydrogen-bond donors (Lipinski definition) is 2. The van der Waals surface area contributed by atoms with E-state index in [9.17, 15) is 9.90 Å². The molecule has 0 fully saturated rings. The molecule has 1 amide bonds. The van der Waals surface area contributed by atoms with Crippen LogP contribution in [0.1, 0.15) is 43.4 Å². The molecule has 2 rings (SSSR count). The SMILES string of the molecule is Cc1cccc(C(CN(Cc2cccc(N)c2)C(=O)O)C(C)(C)C)c1.